The van der Waals surface area contributed by atoms with Gasteiger partial charge in [-0.05, 0) is 45.7 Å². The van der Waals surface area contributed by atoms with E-state index < -0.39 is 0 Å². The summed E-state index contributed by atoms with van der Waals surface area (Å²) in [6, 6.07) is 8.97. The van der Waals surface area contributed by atoms with Crippen LogP contribution >= 0.6 is 0 Å². The minimum atomic E-state index is -0.380. The zero-order valence-corrected chi connectivity index (χ0v) is 18.1. The highest BCUT2D eigenvalue weighted by Gasteiger charge is 2.25. The van der Waals surface area contributed by atoms with E-state index in [0.29, 0.717) is 37.3 Å². The molecule has 0 aliphatic rings. The molecule has 3 rings (SSSR count). The molecule has 160 valence electrons. The number of ether oxygens (including phenoxy) is 1. The fourth-order valence-corrected chi connectivity index (χ4v) is 3.93. The number of hydrogen-bond donors (Lipinski definition) is 1. The molecule has 7 nitrogen and oxygen atoms in total. The van der Waals surface area contributed by atoms with Gasteiger partial charge in [-0.15, -0.1) is 0 Å². The standard InChI is InChI=1S/C23H30N4O3/c1-5-20(22(28)24-13-10-14-30-6-2)26-16(3)19-15-25-27(18-11-8-7-9-12-18)23(29)21(19)17(26)4/h7-9,11-12,15,20H,5-6,10,13-14H2,1-4H3,(H,24,28). The van der Waals surface area contributed by atoms with Crippen LogP contribution in [0.5, 0.6) is 0 Å². The van der Waals surface area contributed by atoms with Crippen LogP contribution < -0.4 is 10.9 Å². The van der Waals surface area contributed by atoms with Crippen molar-refractivity contribution in [2.45, 2.75) is 46.6 Å². The van der Waals surface area contributed by atoms with Gasteiger partial charge in [-0.2, -0.15) is 9.78 Å². The van der Waals surface area contributed by atoms with Crippen molar-refractivity contribution in [3.05, 3.63) is 58.3 Å². The van der Waals surface area contributed by atoms with Crippen LogP contribution in [-0.2, 0) is 9.53 Å². The molecule has 1 aromatic carbocycles. The number of fused-ring (bicyclic) bond motifs is 1. The van der Waals surface area contributed by atoms with Crippen molar-refractivity contribution >= 4 is 16.7 Å². The van der Waals surface area contributed by atoms with Gasteiger partial charge < -0.3 is 14.6 Å². The highest BCUT2D eigenvalue weighted by atomic mass is 16.5. The molecule has 3 aromatic rings. The molecule has 0 fully saturated rings. The van der Waals surface area contributed by atoms with Crippen molar-refractivity contribution in [1.82, 2.24) is 19.7 Å². The summed E-state index contributed by atoms with van der Waals surface area (Å²) in [5.74, 6) is -0.0446. The summed E-state index contributed by atoms with van der Waals surface area (Å²) in [7, 11) is 0. The molecule has 0 saturated heterocycles. The molecule has 0 bridgehead atoms. The Balaban J connectivity index is 1.96. The Bertz CT molecular complexity index is 1070. The summed E-state index contributed by atoms with van der Waals surface area (Å²) in [5, 5.41) is 8.77. The van der Waals surface area contributed by atoms with E-state index in [1.54, 1.807) is 6.20 Å². The Kier molecular flexibility index (Phi) is 7.05. The van der Waals surface area contributed by atoms with E-state index in [0.717, 1.165) is 23.2 Å². The smallest absolute Gasteiger partial charge is 0.281 e. The molecule has 30 heavy (non-hydrogen) atoms. The van der Waals surface area contributed by atoms with Crippen molar-refractivity contribution in [3.63, 3.8) is 0 Å². The first kappa shape index (κ1) is 21.8. The van der Waals surface area contributed by atoms with Crippen molar-refractivity contribution in [2.75, 3.05) is 19.8 Å². The van der Waals surface area contributed by atoms with Crippen molar-refractivity contribution in [2.24, 2.45) is 0 Å². The summed E-state index contributed by atoms with van der Waals surface area (Å²) in [6.07, 6.45) is 3.11. The van der Waals surface area contributed by atoms with Gasteiger partial charge in [0.05, 0.1) is 17.3 Å². The summed E-state index contributed by atoms with van der Waals surface area (Å²) >= 11 is 0. The number of aromatic nitrogens is 3. The molecule has 1 atom stereocenters. The molecule has 0 aliphatic carbocycles. The largest absolute Gasteiger partial charge is 0.382 e. The first-order valence-electron chi connectivity index (χ1n) is 10.5. The van der Waals surface area contributed by atoms with Gasteiger partial charge >= 0.3 is 0 Å². The van der Waals surface area contributed by atoms with Gasteiger partial charge in [0.2, 0.25) is 5.91 Å². The Morgan fingerprint density at radius 1 is 1.17 bits per heavy atom. The van der Waals surface area contributed by atoms with Gasteiger partial charge in [0, 0.05) is 36.5 Å². The van der Waals surface area contributed by atoms with Gasteiger partial charge in [-0.1, -0.05) is 25.1 Å². The molecule has 1 amide bonds. The number of carbonyl (C=O) groups excluding carboxylic acids is 1. The second-order valence-electron chi connectivity index (χ2n) is 7.29. The number of carbonyl (C=O) groups is 1. The fraction of sp³-hybridized carbons (Fsp3) is 0.435. The predicted octanol–water partition coefficient (Wildman–Crippen LogP) is 3.30. The lowest BCUT2D eigenvalue weighted by molar-refractivity contribution is -0.124. The number of amides is 1. The van der Waals surface area contributed by atoms with Gasteiger partial charge in [0.25, 0.3) is 5.56 Å². The van der Waals surface area contributed by atoms with E-state index in [9.17, 15) is 9.59 Å². The van der Waals surface area contributed by atoms with Crippen LogP contribution in [0.4, 0.5) is 0 Å². The molecule has 0 spiro atoms. The van der Waals surface area contributed by atoms with Crippen LogP contribution in [0, 0.1) is 13.8 Å². The molecule has 1 N–H and O–H groups in total. The SMILES string of the molecule is CCOCCCNC(=O)C(CC)n1c(C)c2cnn(-c3ccccc3)c(=O)c2c1C. The molecule has 0 radical (unpaired) electrons. The van der Waals surface area contributed by atoms with Crippen LogP contribution in [0.15, 0.2) is 41.3 Å². The van der Waals surface area contributed by atoms with E-state index >= 15 is 0 Å². The second kappa shape index (κ2) is 9.71. The normalized spacial score (nSPS) is 12.3. The van der Waals surface area contributed by atoms with E-state index in [1.165, 1.54) is 4.68 Å². The number of nitrogens with one attached hydrogen (secondary N) is 1. The average molecular weight is 411 g/mol. The molecule has 0 saturated carbocycles. The third-order valence-corrected chi connectivity index (χ3v) is 5.42. The minimum Gasteiger partial charge on any atom is -0.382 e. The quantitative estimate of drug-likeness (QED) is 0.549. The Hall–Kier alpha value is -2.93. The number of benzene rings is 1. The number of hydrogen-bond acceptors (Lipinski definition) is 4. The lowest BCUT2D eigenvalue weighted by Crippen LogP contribution is -2.34. The number of rotatable bonds is 9. The first-order valence-corrected chi connectivity index (χ1v) is 10.5. The molecule has 0 aliphatic heterocycles. The topological polar surface area (TPSA) is 78.2 Å². The zero-order chi connectivity index (χ0) is 21.7. The monoisotopic (exact) mass is 410 g/mol. The molecule has 2 aromatic heterocycles. The van der Waals surface area contributed by atoms with Crippen molar-refractivity contribution in [1.29, 1.82) is 0 Å². The number of para-hydroxylation sites is 1. The number of aryl methyl sites for hydroxylation is 2. The highest BCUT2D eigenvalue weighted by Crippen LogP contribution is 2.27. The number of nitrogens with zero attached hydrogens (tertiary/aromatic N) is 3. The Morgan fingerprint density at radius 2 is 1.90 bits per heavy atom. The van der Waals surface area contributed by atoms with Crippen molar-refractivity contribution < 1.29 is 9.53 Å². The maximum Gasteiger partial charge on any atom is 0.281 e. The molecule has 7 heteroatoms. The van der Waals surface area contributed by atoms with E-state index in [2.05, 4.69) is 10.4 Å². The van der Waals surface area contributed by atoms with E-state index in [1.807, 2.05) is 62.6 Å². The third kappa shape index (κ3) is 4.16. The lowest BCUT2D eigenvalue weighted by Gasteiger charge is -2.20. The van der Waals surface area contributed by atoms with Crippen LogP contribution in [0.1, 0.15) is 44.1 Å². The highest BCUT2D eigenvalue weighted by molar-refractivity contribution is 5.89. The van der Waals surface area contributed by atoms with E-state index in [-0.39, 0.29) is 17.5 Å². The molecule has 2 heterocycles. The van der Waals surface area contributed by atoms with Crippen LogP contribution in [0.2, 0.25) is 0 Å². The lowest BCUT2D eigenvalue weighted by atomic mass is 10.2. The van der Waals surface area contributed by atoms with Gasteiger partial charge in [0.1, 0.15) is 6.04 Å². The van der Waals surface area contributed by atoms with E-state index in [4.69, 9.17) is 4.74 Å². The summed E-state index contributed by atoms with van der Waals surface area (Å²) < 4.78 is 8.71. The Labute approximate surface area is 176 Å². The maximum absolute atomic E-state index is 13.2. The Morgan fingerprint density at radius 3 is 2.57 bits per heavy atom. The minimum absolute atomic E-state index is 0.0446. The van der Waals surface area contributed by atoms with Gasteiger partial charge in [-0.25, -0.2) is 0 Å². The first-order chi connectivity index (χ1) is 14.5. The molecule has 1 unspecified atom stereocenters. The molecular weight excluding hydrogens is 380 g/mol. The van der Waals surface area contributed by atoms with Gasteiger partial charge in [-0.3, -0.25) is 9.59 Å². The second-order valence-corrected chi connectivity index (χ2v) is 7.29. The van der Waals surface area contributed by atoms with Crippen LogP contribution in [0.3, 0.4) is 0 Å². The predicted molar refractivity (Wildman–Crippen MR) is 118 cm³/mol. The van der Waals surface area contributed by atoms with Crippen LogP contribution in [-0.4, -0.2) is 40.0 Å². The fourth-order valence-electron chi connectivity index (χ4n) is 3.93. The van der Waals surface area contributed by atoms with Crippen molar-refractivity contribution in [3.8, 4) is 5.69 Å². The summed E-state index contributed by atoms with van der Waals surface area (Å²) in [5.41, 5.74) is 2.21. The molecular formula is C23H30N4O3. The average Bonchev–Trinajstić information content (AvgIpc) is 3.01. The third-order valence-electron chi connectivity index (χ3n) is 5.42. The summed E-state index contributed by atoms with van der Waals surface area (Å²) in [6.45, 7) is 9.64. The zero-order valence-electron chi connectivity index (χ0n) is 18.1. The van der Waals surface area contributed by atoms with Crippen LogP contribution in [0.25, 0.3) is 16.5 Å². The maximum atomic E-state index is 13.2. The summed E-state index contributed by atoms with van der Waals surface area (Å²) in [4.78, 5) is 26.1. The van der Waals surface area contributed by atoms with Gasteiger partial charge in [0.15, 0.2) is 0 Å².